The van der Waals surface area contributed by atoms with Gasteiger partial charge in [-0.3, -0.25) is 4.79 Å². The Bertz CT molecular complexity index is 666. The summed E-state index contributed by atoms with van der Waals surface area (Å²) in [5.74, 6) is 0.642. The van der Waals surface area contributed by atoms with Crippen molar-refractivity contribution in [1.82, 2.24) is 9.97 Å². The average Bonchev–Trinajstić information content (AvgIpc) is 2.78. The Morgan fingerprint density at radius 3 is 2.95 bits per heavy atom. The average molecular weight is 288 g/mol. The second kappa shape index (κ2) is 6.10. The number of carbonyl (C=O) groups excluding carboxylic acids is 1. The number of pyridine rings is 1. The lowest BCUT2D eigenvalue weighted by molar-refractivity contribution is -0.112. The van der Waals surface area contributed by atoms with E-state index in [1.807, 2.05) is 18.3 Å². The Balaban J connectivity index is 2.18. The summed E-state index contributed by atoms with van der Waals surface area (Å²) in [7, 11) is 0. The lowest BCUT2D eigenvalue weighted by Crippen LogP contribution is -2.27. The molecule has 0 fully saturated rings. The molecule has 0 atom stereocenters. The number of ketones is 1. The van der Waals surface area contributed by atoms with Gasteiger partial charge < -0.3 is 14.8 Å². The summed E-state index contributed by atoms with van der Waals surface area (Å²) in [5.41, 5.74) is 0.931. The van der Waals surface area contributed by atoms with E-state index in [1.54, 1.807) is 26.1 Å². The standard InChI is InChI=1S/C16H20N2O3/c1-11(19)5-4-6-12-8-17-15-14(12)7-13(9-18-15)21-10-16(2,3)20/h4-5,7-9,20H,6,10H2,1-3H3,(H,17,18)/b5-4+. The van der Waals surface area contributed by atoms with E-state index in [1.165, 1.54) is 6.92 Å². The monoisotopic (exact) mass is 288 g/mol. The first-order chi connectivity index (χ1) is 9.85. The van der Waals surface area contributed by atoms with Gasteiger partial charge in [0.15, 0.2) is 5.78 Å². The Hall–Kier alpha value is -2.14. The zero-order valence-corrected chi connectivity index (χ0v) is 12.5. The second-order valence-corrected chi connectivity index (χ2v) is 5.70. The number of aromatic amines is 1. The molecule has 21 heavy (non-hydrogen) atoms. The van der Waals surface area contributed by atoms with E-state index in [2.05, 4.69) is 9.97 Å². The quantitative estimate of drug-likeness (QED) is 0.800. The maximum absolute atomic E-state index is 10.9. The smallest absolute Gasteiger partial charge is 0.152 e. The first kappa shape index (κ1) is 15.3. The molecule has 0 aliphatic heterocycles. The predicted molar refractivity (Wildman–Crippen MR) is 81.4 cm³/mol. The molecule has 2 rings (SSSR count). The number of hydrogen-bond donors (Lipinski definition) is 2. The lowest BCUT2D eigenvalue weighted by Gasteiger charge is -2.17. The van der Waals surface area contributed by atoms with Gasteiger partial charge in [-0.2, -0.15) is 0 Å². The van der Waals surface area contributed by atoms with E-state index < -0.39 is 5.60 Å². The summed E-state index contributed by atoms with van der Waals surface area (Å²) in [6.07, 6.45) is 7.54. The molecule has 2 N–H and O–H groups in total. The molecule has 0 saturated carbocycles. The van der Waals surface area contributed by atoms with Crippen LogP contribution < -0.4 is 4.74 Å². The number of hydrogen-bond acceptors (Lipinski definition) is 4. The number of carbonyl (C=O) groups is 1. The molecular formula is C16H20N2O3. The maximum atomic E-state index is 10.9. The van der Waals surface area contributed by atoms with Gasteiger partial charge in [0.2, 0.25) is 0 Å². The lowest BCUT2D eigenvalue weighted by atomic mass is 10.1. The topological polar surface area (TPSA) is 75.2 Å². The number of aliphatic hydroxyl groups is 1. The van der Waals surface area contributed by atoms with Crippen LogP contribution in [0.1, 0.15) is 26.3 Å². The molecule has 5 heteroatoms. The molecule has 0 aliphatic rings. The molecule has 2 aromatic heterocycles. The highest BCUT2D eigenvalue weighted by molar-refractivity contribution is 5.87. The van der Waals surface area contributed by atoms with Crippen molar-refractivity contribution in [3.63, 3.8) is 0 Å². The SMILES string of the molecule is CC(=O)/C=C/Cc1c[nH]c2ncc(OCC(C)(C)O)cc12. The molecule has 0 aliphatic carbocycles. The summed E-state index contributed by atoms with van der Waals surface area (Å²) in [4.78, 5) is 18.3. The van der Waals surface area contributed by atoms with Crippen molar-refractivity contribution in [3.8, 4) is 5.75 Å². The van der Waals surface area contributed by atoms with Crippen molar-refractivity contribution in [3.05, 3.63) is 36.2 Å². The molecule has 0 bridgehead atoms. The van der Waals surface area contributed by atoms with Crippen LogP contribution >= 0.6 is 0 Å². The Labute approximate surface area is 123 Å². The Kier molecular flexibility index (Phi) is 4.43. The largest absolute Gasteiger partial charge is 0.489 e. The molecule has 0 radical (unpaired) electrons. The van der Waals surface area contributed by atoms with Gasteiger partial charge in [0, 0.05) is 11.6 Å². The first-order valence-electron chi connectivity index (χ1n) is 6.83. The molecule has 0 unspecified atom stereocenters. The van der Waals surface area contributed by atoms with Crippen LogP contribution in [0.4, 0.5) is 0 Å². The van der Waals surface area contributed by atoms with Gasteiger partial charge >= 0.3 is 0 Å². The zero-order valence-electron chi connectivity index (χ0n) is 12.5. The Morgan fingerprint density at radius 2 is 2.29 bits per heavy atom. The Morgan fingerprint density at radius 1 is 1.52 bits per heavy atom. The highest BCUT2D eigenvalue weighted by atomic mass is 16.5. The van der Waals surface area contributed by atoms with E-state index in [4.69, 9.17) is 4.74 Å². The third kappa shape index (κ3) is 4.43. The van der Waals surface area contributed by atoms with Gasteiger partial charge in [-0.05, 0) is 44.9 Å². The molecule has 0 aromatic carbocycles. The van der Waals surface area contributed by atoms with Crippen molar-refractivity contribution in [1.29, 1.82) is 0 Å². The van der Waals surface area contributed by atoms with E-state index in [9.17, 15) is 9.90 Å². The minimum absolute atomic E-state index is 0.0298. The number of nitrogens with one attached hydrogen (secondary N) is 1. The van der Waals surface area contributed by atoms with E-state index in [0.29, 0.717) is 12.2 Å². The van der Waals surface area contributed by atoms with E-state index >= 15 is 0 Å². The van der Waals surface area contributed by atoms with Gasteiger partial charge in [-0.15, -0.1) is 0 Å². The normalized spacial score (nSPS) is 12.2. The summed E-state index contributed by atoms with van der Waals surface area (Å²) < 4.78 is 5.55. The van der Waals surface area contributed by atoms with E-state index in [0.717, 1.165) is 16.6 Å². The summed E-state index contributed by atoms with van der Waals surface area (Å²) in [6.45, 7) is 5.10. The third-order valence-corrected chi connectivity index (χ3v) is 2.87. The number of rotatable bonds is 6. The van der Waals surface area contributed by atoms with Crippen molar-refractivity contribution in [2.75, 3.05) is 6.61 Å². The fraction of sp³-hybridized carbons (Fsp3) is 0.375. The molecule has 0 amide bonds. The van der Waals surface area contributed by atoms with Crippen LogP contribution in [0.15, 0.2) is 30.6 Å². The molecular weight excluding hydrogens is 268 g/mol. The molecule has 2 heterocycles. The molecule has 112 valence electrons. The minimum atomic E-state index is -0.889. The van der Waals surface area contributed by atoms with E-state index in [-0.39, 0.29) is 12.4 Å². The van der Waals surface area contributed by atoms with Crippen molar-refractivity contribution >= 4 is 16.8 Å². The highest BCUT2D eigenvalue weighted by Crippen LogP contribution is 2.22. The van der Waals surface area contributed by atoms with Crippen molar-refractivity contribution < 1.29 is 14.6 Å². The number of H-pyrrole nitrogens is 1. The number of fused-ring (bicyclic) bond motifs is 1. The fourth-order valence-corrected chi connectivity index (χ4v) is 1.90. The van der Waals surface area contributed by atoms with Gasteiger partial charge in [-0.25, -0.2) is 4.98 Å². The number of nitrogens with zero attached hydrogens (tertiary/aromatic N) is 1. The molecule has 0 saturated heterocycles. The maximum Gasteiger partial charge on any atom is 0.152 e. The van der Waals surface area contributed by atoms with Crippen LogP contribution in [0, 0.1) is 0 Å². The summed E-state index contributed by atoms with van der Waals surface area (Å²) >= 11 is 0. The molecule has 0 spiro atoms. The van der Waals surface area contributed by atoms with Crippen LogP contribution in [0.25, 0.3) is 11.0 Å². The zero-order chi connectivity index (χ0) is 15.5. The van der Waals surface area contributed by atoms with Crippen molar-refractivity contribution in [2.24, 2.45) is 0 Å². The fourth-order valence-electron chi connectivity index (χ4n) is 1.90. The summed E-state index contributed by atoms with van der Waals surface area (Å²) in [6, 6.07) is 1.89. The first-order valence-corrected chi connectivity index (χ1v) is 6.83. The van der Waals surface area contributed by atoms with Crippen LogP contribution in [0.2, 0.25) is 0 Å². The van der Waals surface area contributed by atoms with Gasteiger partial charge in [0.1, 0.15) is 18.0 Å². The van der Waals surface area contributed by atoms with Crippen LogP contribution in [0.5, 0.6) is 5.75 Å². The predicted octanol–water partition coefficient (Wildman–Crippen LogP) is 2.40. The number of aromatic nitrogens is 2. The molecule has 5 nitrogen and oxygen atoms in total. The van der Waals surface area contributed by atoms with Gasteiger partial charge in [0.05, 0.1) is 11.8 Å². The second-order valence-electron chi connectivity index (χ2n) is 5.70. The summed E-state index contributed by atoms with van der Waals surface area (Å²) in [5, 5.41) is 10.6. The minimum Gasteiger partial charge on any atom is -0.489 e. The number of ether oxygens (including phenoxy) is 1. The van der Waals surface area contributed by atoms with Gasteiger partial charge in [-0.1, -0.05) is 6.08 Å². The highest BCUT2D eigenvalue weighted by Gasteiger charge is 2.14. The van der Waals surface area contributed by atoms with Gasteiger partial charge in [0.25, 0.3) is 0 Å². The van der Waals surface area contributed by atoms with Crippen LogP contribution in [0.3, 0.4) is 0 Å². The van der Waals surface area contributed by atoms with Crippen LogP contribution in [-0.2, 0) is 11.2 Å². The number of allylic oxidation sites excluding steroid dienone is 2. The third-order valence-electron chi connectivity index (χ3n) is 2.87. The molecule has 2 aromatic rings. The van der Waals surface area contributed by atoms with Crippen LogP contribution in [-0.4, -0.2) is 33.1 Å². The van der Waals surface area contributed by atoms with Crippen molar-refractivity contribution in [2.45, 2.75) is 32.8 Å².